The molecule has 2 unspecified atom stereocenters. The van der Waals surface area contributed by atoms with Crippen LogP contribution in [0.3, 0.4) is 0 Å². The van der Waals surface area contributed by atoms with Gasteiger partial charge in [-0.1, -0.05) is 113 Å². The lowest BCUT2D eigenvalue weighted by Crippen LogP contribution is -2.40. The fourth-order valence-corrected chi connectivity index (χ4v) is 5.79. The Bertz CT molecular complexity index is 1390. The van der Waals surface area contributed by atoms with Gasteiger partial charge in [0.25, 0.3) is 0 Å². The fraction of sp³-hybridized carbons (Fsp3) is 0.342. The highest BCUT2D eigenvalue weighted by molar-refractivity contribution is 5.77. The molecule has 0 fully saturated rings. The first-order valence-electron chi connectivity index (χ1n) is 15.1. The summed E-state index contributed by atoms with van der Waals surface area (Å²) in [6.45, 7) is 12.9. The molecular formula is C38H45F2NO. The molecule has 4 aromatic carbocycles. The van der Waals surface area contributed by atoms with Crippen LogP contribution in [-0.4, -0.2) is 23.8 Å². The third-order valence-corrected chi connectivity index (χ3v) is 7.65. The Hall–Kier alpha value is -3.63. The predicted octanol–water partition coefficient (Wildman–Crippen LogP) is 9.50. The van der Waals surface area contributed by atoms with Crippen molar-refractivity contribution < 1.29 is 13.6 Å². The maximum Gasteiger partial charge on any atom is 0.143 e. The average Bonchev–Trinajstić information content (AvgIpc) is 3.37. The van der Waals surface area contributed by atoms with Crippen LogP contribution in [0.4, 0.5) is 8.78 Å². The molecule has 222 valence electrons. The van der Waals surface area contributed by atoms with E-state index in [1.807, 2.05) is 44.2 Å². The highest BCUT2D eigenvalue weighted by Gasteiger charge is 2.33. The first-order chi connectivity index (χ1) is 20.2. The smallest absolute Gasteiger partial charge is 0.143 e. The number of rotatable bonds is 3. The average molecular weight is 570 g/mol. The van der Waals surface area contributed by atoms with E-state index in [1.165, 1.54) is 30.5 Å². The number of nitrogens with zero attached hydrogens (tertiary/aromatic N) is 1. The Morgan fingerprint density at radius 1 is 0.714 bits per heavy atom. The number of halogens is 2. The number of ketones is 1. The SMILES string of the molecule is CC.CC(=O)CN1CC(C)c2ccccc2C1c1ccccc1F.CC1Cc2ccccc2C1.Cc1ccccc1F. The van der Waals surface area contributed by atoms with Crippen molar-refractivity contribution >= 4 is 5.78 Å². The van der Waals surface area contributed by atoms with E-state index in [4.69, 9.17) is 0 Å². The van der Waals surface area contributed by atoms with Crippen molar-refractivity contribution in [3.05, 3.63) is 142 Å². The van der Waals surface area contributed by atoms with Gasteiger partial charge >= 0.3 is 0 Å². The molecule has 6 rings (SSSR count). The molecule has 2 nitrogen and oxygen atoms in total. The fourth-order valence-electron chi connectivity index (χ4n) is 5.79. The summed E-state index contributed by atoms with van der Waals surface area (Å²) >= 11 is 0. The van der Waals surface area contributed by atoms with E-state index < -0.39 is 0 Å². The van der Waals surface area contributed by atoms with E-state index in [0.29, 0.717) is 23.6 Å². The van der Waals surface area contributed by atoms with Crippen LogP contribution in [-0.2, 0) is 17.6 Å². The minimum absolute atomic E-state index is 0.105. The predicted molar refractivity (Wildman–Crippen MR) is 171 cm³/mol. The van der Waals surface area contributed by atoms with Crippen LogP contribution < -0.4 is 0 Å². The van der Waals surface area contributed by atoms with Crippen LogP contribution in [0.15, 0.2) is 97.1 Å². The number of aryl methyl sites for hydroxylation is 1. The molecule has 4 heteroatoms. The zero-order valence-corrected chi connectivity index (χ0v) is 25.9. The van der Waals surface area contributed by atoms with Crippen molar-refractivity contribution in [2.45, 2.75) is 66.3 Å². The Morgan fingerprint density at radius 3 is 1.69 bits per heavy atom. The highest BCUT2D eigenvalue weighted by atomic mass is 19.1. The normalized spacial score (nSPS) is 17.2. The highest BCUT2D eigenvalue weighted by Crippen LogP contribution is 2.40. The minimum atomic E-state index is -0.217. The molecule has 0 bridgehead atoms. The van der Waals surface area contributed by atoms with Crippen molar-refractivity contribution in [2.24, 2.45) is 5.92 Å². The Kier molecular flexibility index (Phi) is 12.6. The van der Waals surface area contributed by atoms with E-state index in [9.17, 15) is 13.6 Å². The quantitative estimate of drug-likeness (QED) is 0.245. The third kappa shape index (κ3) is 8.69. The molecule has 0 saturated heterocycles. The monoisotopic (exact) mass is 569 g/mol. The molecule has 0 spiro atoms. The molecule has 0 radical (unpaired) electrons. The number of carbonyl (C=O) groups is 1. The molecule has 1 aliphatic carbocycles. The van der Waals surface area contributed by atoms with Gasteiger partial charge in [0.1, 0.15) is 17.4 Å². The van der Waals surface area contributed by atoms with Gasteiger partial charge in [0, 0.05) is 12.1 Å². The molecule has 4 aromatic rings. The molecule has 0 aromatic heterocycles. The van der Waals surface area contributed by atoms with Gasteiger partial charge in [0.15, 0.2) is 0 Å². The Labute approximate surface area is 251 Å². The summed E-state index contributed by atoms with van der Waals surface area (Å²) in [6.07, 6.45) is 2.58. The summed E-state index contributed by atoms with van der Waals surface area (Å²) in [5, 5.41) is 0. The number of carbonyl (C=O) groups excluding carboxylic acids is 1. The van der Waals surface area contributed by atoms with Crippen molar-refractivity contribution in [1.29, 1.82) is 0 Å². The zero-order valence-electron chi connectivity index (χ0n) is 25.9. The summed E-state index contributed by atoms with van der Waals surface area (Å²) < 4.78 is 26.7. The summed E-state index contributed by atoms with van der Waals surface area (Å²) in [7, 11) is 0. The van der Waals surface area contributed by atoms with Crippen LogP contribution >= 0.6 is 0 Å². The van der Waals surface area contributed by atoms with E-state index in [2.05, 4.69) is 55.1 Å². The Balaban J connectivity index is 0.000000198. The van der Waals surface area contributed by atoms with Gasteiger partial charge in [-0.3, -0.25) is 9.69 Å². The minimum Gasteiger partial charge on any atom is -0.299 e. The van der Waals surface area contributed by atoms with Crippen LogP contribution in [0.5, 0.6) is 0 Å². The maximum atomic E-state index is 14.4. The van der Waals surface area contributed by atoms with Crippen molar-refractivity contribution in [2.75, 3.05) is 13.1 Å². The van der Waals surface area contributed by atoms with Gasteiger partial charge in [0.2, 0.25) is 0 Å². The summed E-state index contributed by atoms with van der Waals surface area (Å²) in [6, 6.07) is 30.3. The summed E-state index contributed by atoms with van der Waals surface area (Å²) in [5.41, 5.74) is 6.82. The second-order valence-electron chi connectivity index (χ2n) is 11.1. The lowest BCUT2D eigenvalue weighted by molar-refractivity contribution is -0.118. The van der Waals surface area contributed by atoms with Crippen LogP contribution in [0.2, 0.25) is 0 Å². The van der Waals surface area contributed by atoms with Gasteiger partial charge in [-0.05, 0) is 78.5 Å². The first kappa shape index (κ1) is 32.9. The largest absolute Gasteiger partial charge is 0.299 e. The molecule has 42 heavy (non-hydrogen) atoms. The molecule has 0 N–H and O–H groups in total. The van der Waals surface area contributed by atoms with Crippen LogP contribution in [0.1, 0.15) is 80.0 Å². The number of hydrogen-bond acceptors (Lipinski definition) is 2. The third-order valence-electron chi connectivity index (χ3n) is 7.65. The van der Waals surface area contributed by atoms with Gasteiger partial charge in [0.05, 0.1) is 12.6 Å². The first-order valence-corrected chi connectivity index (χ1v) is 15.1. The van der Waals surface area contributed by atoms with E-state index in [-0.39, 0.29) is 23.5 Å². The maximum absolute atomic E-state index is 14.4. The lowest BCUT2D eigenvalue weighted by atomic mass is 9.83. The number of benzene rings is 4. The van der Waals surface area contributed by atoms with E-state index >= 15 is 0 Å². The van der Waals surface area contributed by atoms with Gasteiger partial charge in [-0.25, -0.2) is 8.78 Å². The van der Waals surface area contributed by atoms with Crippen molar-refractivity contribution in [3.8, 4) is 0 Å². The molecular weight excluding hydrogens is 524 g/mol. The van der Waals surface area contributed by atoms with Crippen LogP contribution in [0.25, 0.3) is 0 Å². The zero-order chi connectivity index (χ0) is 30.6. The number of Topliss-reactive ketones (excluding diaryl/α,β-unsaturated/α-hetero) is 1. The van der Waals surface area contributed by atoms with E-state index in [1.54, 1.807) is 43.2 Å². The summed E-state index contributed by atoms with van der Waals surface area (Å²) in [4.78, 5) is 13.7. The Morgan fingerprint density at radius 2 is 1.19 bits per heavy atom. The topological polar surface area (TPSA) is 20.3 Å². The molecule has 2 atom stereocenters. The number of hydrogen-bond donors (Lipinski definition) is 0. The van der Waals surface area contributed by atoms with E-state index in [0.717, 1.165) is 18.0 Å². The van der Waals surface area contributed by atoms with Gasteiger partial charge in [-0.15, -0.1) is 0 Å². The molecule has 0 saturated carbocycles. The molecule has 1 heterocycles. The lowest BCUT2D eigenvalue weighted by Gasteiger charge is -2.40. The van der Waals surface area contributed by atoms with Crippen LogP contribution in [0, 0.1) is 24.5 Å². The molecule has 1 aliphatic heterocycles. The van der Waals surface area contributed by atoms with Crippen molar-refractivity contribution in [1.82, 2.24) is 4.90 Å². The standard InChI is InChI=1S/C19H20FNO.C10H12.C7H7F.C2H6/c1-13-11-21(12-14(2)22)19(16-8-4-3-7-15(13)16)17-9-5-6-10-18(17)20;1-8-6-9-4-2-3-5-10(9)7-8;1-6-4-2-3-5-7(6)8;1-2/h3-10,13,19H,11-12H2,1-2H3;2-5,8H,6-7H2,1H3;2-5H,1H3;1-2H3. The second kappa shape index (κ2) is 16.1. The molecule has 0 amide bonds. The second-order valence-corrected chi connectivity index (χ2v) is 11.1. The van der Waals surface area contributed by atoms with Gasteiger partial charge in [-0.2, -0.15) is 0 Å². The van der Waals surface area contributed by atoms with Gasteiger partial charge < -0.3 is 0 Å². The molecule has 2 aliphatic rings. The summed E-state index contributed by atoms with van der Waals surface area (Å²) in [5.74, 6) is 0.960. The van der Waals surface area contributed by atoms with Crippen molar-refractivity contribution in [3.63, 3.8) is 0 Å². The number of fused-ring (bicyclic) bond motifs is 2.